The first-order valence-electron chi connectivity index (χ1n) is 7.32. The van der Waals surface area contributed by atoms with Gasteiger partial charge < -0.3 is 19.5 Å². The summed E-state index contributed by atoms with van der Waals surface area (Å²) in [6, 6.07) is 6.44. The Morgan fingerprint density at radius 2 is 1.75 bits per heavy atom. The van der Waals surface area contributed by atoms with Gasteiger partial charge in [0.15, 0.2) is 0 Å². The van der Waals surface area contributed by atoms with Gasteiger partial charge in [-0.05, 0) is 43.0 Å². The second-order valence-corrected chi connectivity index (χ2v) is 5.13. The average molecular weight is 279 g/mol. The van der Waals surface area contributed by atoms with Crippen LogP contribution in [-0.4, -0.2) is 34.0 Å². The molecule has 0 aromatic heterocycles. The predicted molar refractivity (Wildman–Crippen MR) is 79.5 cm³/mol. The summed E-state index contributed by atoms with van der Waals surface area (Å²) in [6.45, 7) is 4.80. The van der Waals surface area contributed by atoms with Gasteiger partial charge in [0.1, 0.15) is 11.5 Å². The number of ether oxygens (including phenoxy) is 3. The fraction of sp³-hybridized carbons (Fsp3) is 0.625. The van der Waals surface area contributed by atoms with E-state index in [-0.39, 0.29) is 0 Å². The predicted octanol–water partition coefficient (Wildman–Crippen LogP) is 2.78. The largest absolute Gasteiger partial charge is 0.497 e. The molecule has 1 saturated heterocycles. The molecule has 1 aromatic carbocycles. The van der Waals surface area contributed by atoms with E-state index in [0.717, 1.165) is 44.1 Å². The zero-order chi connectivity index (χ0) is 14.4. The van der Waals surface area contributed by atoms with E-state index in [1.54, 1.807) is 14.2 Å². The van der Waals surface area contributed by atoms with Crippen LogP contribution in [0.3, 0.4) is 0 Å². The van der Waals surface area contributed by atoms with Crippen LogP contribution in [0.25, 0.3) is 0 Å². The van der Waals surface area contributed by atoms with Gasteiger partial charge in [0.05, 0.1) is 14.2 Å². The highest BCUT2D eigenvalue weighted by Gasteiger charge is 2.25. The maximum Gasteiger partial charge on any atom is 0.122 e. The van der Waals surface area contributed by atoms with Gasteiger partial charge in [-0.25, -0.2) is 0 Å². The van der Waals surface area contributed by atoms with Crippen molar-refractivity contribution in [2.24, 2.45) is 5.92 Å². The molecule has 1 heterocycles. The average Bonchev–Trinajstić information content (AvgIpc) is 2.52. The van der Waals surface area contributed by atoms with E-state index in [0.29, 0.717) is 12.0 Å². The highest BCUT2D eigenvalue weighted by Crippen LogP contribution is 2.34. The number of rotatable bonds is 6. The second-order valence-electron chi connectivity index (χ2n) is 5.13. The van der Waals surface area contributed by atoms with Crippen molar-refractivity contribution in [1.29, 1.82) is 0 Å². The molecule has 1 aliphatic rings. The van der Waals surface area contributed by atoms with Crippen LogP contribution in [0.5, 0.6) is 11.5 Å². The van der Waals surface area contributed by atoms with Crippen molar-refractivity contribution in [1.82, 2.24) is 5.32 Å². The molecule has 2 rings (SSSR count). The third-order valence-corrected chi connectivity index (χ3v) is 3.89. The monoisotopic (exact) mass is 279 g/mol. The number of hydrogen-bond donors (Lipinski definition) is 1. The molecule has 0 radical (unpaired) electrons. The van der Waals surface area contributed by atoms with E-state index >= 15 is 0 Å². The van der Waals surface area contributed by atoms with Crippen LogP contribution < -0.4 is 14.8 Å². The summed E-state index contributed by atoms with van der Waals surface area (Å²) in [5.74, 6) is 2.28. The molecule has 1 aliphatic heterocycles. The summed E-state index contributed by atoms with van der Waals surface area (Å²) >= 11 is 0. The summed E-state index contributed by atoms with van der Waals surface area (Å²) in [6.07, 6.45) is 2.19. The van der Waals surface area contributed by atoms with E-state index in [9.17, 15) is 0 Å². The summed E-state index contributed by atoms with van der Waals surface area (Å²) in [5, 5.41) is 3.60. The minimum atomic E-state index is 0.327. The van der Waals surface area contributed by atoms with Gasteiger partial charge in [0.2, 0.25) is 0 Å². The van der Waals surface area contributed by atoms with Gasteiger partial charge in [-0.3, -0.25) is 0 Å². The highest BCUT2D eigenvalue weighted by molar-refractivity contribution is 5.40. The summed E-state index contributed by atoms with van der Waals surface area (Å²) < 4.78 is 16.2. The fourth-order valence-corrected chi connectivity index (χ4v) is 2.83. The lowest BCUT2D eigenvalue weighted by Crippen LogP contribution is -2.32. The Hall–Kier alpha value is -1.26. The van der Waals surface area contributed by atoms with E-state index in [2.05, 4.69) is 24.4 Å². The minimum absolute atomic E-state index is 0.327. The molecule has 1 unspecified atom stereocenters. The zero-order valence-electron chi connectivity index (χ0n) is 12.6. The zero-order valence-corrected chi connectivity index (χ0v) is 12.6. The molecule has 1 N–H and O–H groups in total. The van der Waals surface area contributed by atoms with Gasteiger partial charge in [0.25, 0.3) is 0 Å². The quantitative estimate of drug-likeness (QED) is 0.869. The molecule has 4 heteroatoms. The topological polar surface area (TPSA) is 39.7 Å². The first-order valence-corrected chi connectivity index (χ1v) is 7.32. The fourth-order valence-electron chi connectivity index (χ4n) is 2.83. The second kappa shape index (κ2) is 7.50. The van der Waals surface area contributed by atoms with Crippen LogP contribution in [0.15, 0.2) is 18.2 Å². The summed E-state index contributed by atoms with van der Waals surface area (Å²) in [4.78, 5) is 0. The molecule has 0 aliphatic carbocycles. The third-order valence-electron chi connectivity index (χ3n) is 3.89. The van der Waals surface area contributed by atoms with Gasteiger partial charge in [-0.1, -0.05) is 6.92 Å². The van der Waals surface area contributed by atoms with Crippen LogP contribution >= 0.6 is 0 Å². The summed E-state index contributed by atoms with van der Waals surface area (Å²) in [7, 11) is 3.38. The van der Waals surface area contributed by atoms with E-state index in [1.807, 2.05) is 6.07 Å². The first kappa shape index (κ1) is 15.1. The lowest BCUT2D eigenvalue weighted by molar-refractivity contribution is 0.0538. The van der Waals surface area contributed by atoms with Crippen LogP contribution in [0.2, 0.25) is 0 Å². The van der Waals surface area contributed by atoms with Crippen molar-refractivity contribution >= 4 is 0 Å². The van der Waals surface area contributed by atoms with Crippen molar-refractivity contribution in [3.05, 3.63) is 23.8 Å². The Balaban J connectivity index is 2.27. The maximum atomic E-state index is 5.48. The third kappa shape index (κ3) is 3.64. The smallest absolute Gasteiger partial charge is 0.122 e. The molecule has 112 valence electrons. The molecular formula is C16H25NO3. The van der Waals surface area contributed by atoms with Gasteiger partial charge in [-0.2, -0.15) is 0 Å². The Bertz CT molecular complexity index is 394. The maximum absolute atomic E-state index is 5.48. The molecule has 0 amide bonds. The Morgan fingerprint density at radius 3 is 2.25 bits per heavy atom. The van der Waals surface area contributed by atoms with Gasteiger partial charge in [-0.15, -0.1) is 0 Å². The minimum Gasteiger partial charge on any atom is -0.497 e. The van der Waals surface area contributed by atoms with Crippen molar-refractivity contribution in [3.8, 4) is 11.5 Å². The van der Waals surface area contributed by atoms with E-state index < -0.39 is 0 Å². The summed E-state index contributed by atoms with van der Waals surface area (Å²) in [5.41, 5.74) is 1.23. The Labute approximate surface area is 121 Å². The normalized spacial score (nSPS) is 17.8. The molecule has 20 heavy (non-hydrogen) atoms. The van der Waals surface area contributed by atoms with Gasteiger partial charge in [0, 0.05) is 25.3 Å². The van der Waals surface area contributed by atoms with Crippen LogP contribution in [0.1, 0.15) is 31.4 Å². The van der Waals surface area contributed by atoms with Crippen molar-refractivity contribution in [3.63, 3.8) is 0 Å². The molecule has 1 fully saturated rings. The van der Waals surface area contributed by atoms with E-state index in [1.165, 1.54) is 5.56 Å². The van der Waals surface area contributed by atoms with Crippen LogP contribution in [0, 0.1) is 5.92 Å². The number of hydrogen-bond acceptors (Lipinski definition) is 4. The lowest BCUT2D eigenvalue weighted by Gasteiger charge is -2.31. The van der Waals surface area contributed by atoms with Gasteiger partial charge >= 0.3 is 0 Å². The Morgan fingerprint density at radius 1 is 1.15 bits per heavy atom. The lowest BCUT2D eigenvalue weighted by atomic mass is 9.87. The SMILES string of the molecule is CCNC(c1cc(OC)cc(OC)c1)C1CCOCC1. The number of benzene rings is 1. The van der Waals surface area contributed by atoms with Crippen molar-refractivity contribution in [2.75, 3.05) is 34.0 Å². The van der Waals surface area contributed by atoms with E-state index in [4.69, 9.17) is 14.2 Å². The van der Waals surface area contributed by atoms with Crippen molar-refractivity contribution < 1.29 is 14.2 Å². The standard InChI is InChI=1S/C16H25NO3/c1-4-17-16(12-5-7-20-8-6-12)13-9-14(18-2)11-15(10-13)19-3/h9-12,16-17H,4-8H2,1-3H3. The molecule has 1 atom stereocenters. The molecular weight excluding hydrogens is 254 g/mol. The molecule has 0 saturated carbocycles. The highest BCUT2D eigenvalue weighted by atomic mass is 16.5. The van der Waals surface area contributed by atoms with Crippen LogP contribution in [-0.2, 0) is 4.74 Å². The number of methoxy groups -OCH3 is 2. The first-order chi connectivity index (χ1) is 9.78. The molecule has 0 bridgehead atoms. The van der Waals surface area contributed by atoms with Crippen molar-refractivity contribution in [2.45, 2.75) is 25.8 Å². The number of nitrogens with one attached hydrogen (secondary N) is 1. The molecule has 4 nitrogen and oxygen atoms in total. The molecule has 0 spiro atoms. The Kier molecular flexibility index (Phi) is 5.68. The molecule has 1 aromatic rings. The van der Waals surface area contributed by atoms with Crippen LogP contribution in [0.4, 0.5) is 0 Å².